The minimum Gasteiger partial charge on any atom is -0.310 e. The zero-order valence-electron chi connectivity index (χ0n) is 35.0. The molecule has 11 rings (SSSR count). The molecule has 0 heterocycles. The molecular weight excluding hydrogens is 747 g/mol. The molecule has 10 aromatic carbocycles. The molecule has 0 aliphatic heterocycles. The van der Waals surface area contributed by atoms with Crippen LogP contribution in [0.3, 0.4) is 0 Å². The van der Waals surface area contributed by atoms with Gasteiger partial charge in [-0.3, -0.25) is 0 Å². The van der Waals surface area contributed by atoms with Crippen molar-refractivity contribution in [3.8, 4) is 66.8 Å². The van der Waals surface area contributed by atoms with E-state index in [1.807, 2.05) is 0 Å². The first-order chi connectivity index (χ1) is 30.5. The summed E-state index contributed by atoms with van der Waals surface area (Å²) in [5.41, 5.74) is 20.6. The lowest BCUT2D eigenvalue weighted by Crippen LogP contribution is -2.15. The summed E-state index contributed by atoms with van der Waals surface area (Å²) in [5, 5.41) is 2.43. The van der Waals surface area contributed by atoms with Crippen molar-refractivity contribution in [1.29, 1.82) is 0 Å². The van der Waals surface area contributed by atoms with Crippen molar-refractivity contribution in [2.45, 2.75) is 19.3 Å². The van der Waals surface area contributed by atoms with Crippen LogP contribution in [0.4, 0.5) is 17.1 Å². The van der Waals surface area contributed by atoms with Gasteiger partial charge in [-0.05, 0) is 119 Å². The molecular formula is C61H45N. The van der Waals surface area contributed by atoms with E-state index in [1.165, 1.54) is 88.7 Å². The van der Waals surface area contributed by atoms with Gasteiger partial charge in [0, 0.05) is 22.4 Å². The molecule has 0 unspecified atom stereocenters. The second-order valence-corrected chi connectivity index (χ2v) is 16.9. The predicted octanol–water partition coefficient (Wildman–Crippen LogP) is 17.0. The molecule has 1 nitrogen and oxygen atoms in total. The fourth-order valence-corrected chi connectivity index (χ4v) is 9.74. The van der Waals surface area contributed by atoms with E-state index in [-0.39, 0.29) is 5.41 Å². The van der Waals surface area contributed by atoms with Crippen LogP contribution in [0.2, 0.25) is 0 Å². The Morgan fingerprint density at radius 3 is 1.47 bits per heavy atom. The number of nitrogens with zero attached hydrogens (tertiary/aromatic N) is 1. The Kier molecular flexibility index (Phi) is 9.24. The minimum absolute atomic E-state index is 0.132. The molecule has 294 valence electrons. The molecule has 1 aliphatic rings. The molecule has 0 saturated heterocycles. The highest BCUT2D eigenvalue weighted by Crippen LogP contribution is 2.52. The predicted molar refractivity (Wildman–Crippen MR) is 263 cm³/mol. The van der Waals surface area contributed by atoms with Gasteiger partial charge in [0.15, 0.2) is 0 Å². The summed E-state index contributed by atoms with van der Waals surface area (Å²) in [6.07, 6.45) is 0. The second-order valence-electron chi connectivity index (χ2n) is 16.9. The molecule has 62 heavy (non-hydrogen) atoms. The first-order valence-electron chi connectivity index (χ1n) is 21.6. The first kappa shape index (κ1) is 37.3. The zero-order chi connectivity index (χ0) is 41.6. The standard InChI is InChI=1S/C61H45N/c1-61(2)57-26-13-12-23-55(57)56-38-34-49(41-58(56)61)60-54(47-20-10-5-11-21-47)25-15-27-59(60)62(51-37-39-53-48(40-51)22-14-24-52(53)46-18-8-4-9-19-46)50-35-32-45(33-36-50)44-30-28-43(29-31-44)42-16-6-3-7-17-42/h3-41H,1-2H3. The van der Waals surface area contributed by atoms with Crippen LogP contribution in [0.1, 0.15) is 25.0 Å². The third-order valence-electron chi connectivity index (χ3n) is 12.9. The molecule has 0 amide bonds. The fraction of sp³-hybridized carbons (Fsp3) is 0.0492. The van der Waals surface area contributed by atoms with Crippen molar-refractivity contribution in [3.63, 3.8) is 0 Å². The maximum Gasteiger partial charge on any atom is 0.0546 e. The van der Waals surface area contributed by atoms with Crippen LogP contribution < -0.4 is 4.90 Å². The van der Waals surface area contributed by atoms with Crippen molar-refractivity contribution in [1.82, 2.24) is 0 Å². The van der Waals surface area contributed by atoms with Gasteiger partial charge < -0.3 is 4.90 Å². The topological polar surface area (TPSA) is 3.24 Å². The minimum atomic E-state index is -0.132. The van der Waals surface area contributed by atoms with Crippen LogP contribution in [0.15, 0.2) is 237 Å². The number of hydrogen-bond acceptors (Lipinski definition) is 1. The lowest BCUT2D eigenvalue weighted by Gasteiger charge is -2.30. The highest BCUT2D eigenvalue weighted by Gasteiger charge is 2.35. The molecule has 0 spiro atoms. The Balaban J connectivity index is 1.10. The van der Waals surface area contributed by atoms with Crippen LogP contribution in [0, 0.1) is 0 Å². The zero-order valence-corrected chi connectivity index (χ0v) is 35.0. The van der Waals surface area contributed by atoms with Crippen LogP contribution in [0.5, 0.6) is 0 Å². The van der Waals surface area contributed by atoms with Crippen molar-refractivity contribution in [2.75, 3.05) is 4.90 Å². The summed E-state index contributed by atoms with van der Waals surface area (Å²) in [4.78, 5) is 2.46. The van der Waals surface area contributed by atoms with E-state index in [4.69, 9.17) is 0 Å². The molecule has 0 bridgehead atoms. The molecule has 1 aliphatic carbocycles. The SMILES string of the molecule is CC1(C)c2ccccc2-c2ccc(-c3c(-c4ccccc4)cccc3N(c3ccc(-c4ccc(-c5ccccc5)cc4)cc3)c3ccc4c(-c5ccccc5)cccc4c3)cc21. The van der Waals surface area contributed by atoms with E-state index in [2.05, 4.69) is 255 Å². The Morgan fingerprint density at radius 2 is 0.790 bits per heavy atom. The molecule has 0 atom stereocenters. The summed E-state index contributed by atoms with van der Waals surface area (Å²) in [6.45, 7) is 4.74. The Labute approximate surface area is 364 Å². The van der Waals surface area contributed by atoms with Gasteiger partial charge in [0.05, 0.1) is 5.69 Å². The lowest BCUT2D eigenvalue weighted by molar-refractivity contribution is 0.660. The summed E-state index contributed by atoms with van der Waals surface area (Å²) < 4.78 is 0. The summed E-state index contributed by atoms with van der Waals surface area (Å²) >= 11 is 0. The molecule has 0 fully saturated rings. The molecule has 0 saturated carbocycles. The third kappa shape index (κ3) is 6.51. The lowest BCUT2D eigenvalue weighted by atomic mass is 9.81. The molecule has 0 radical (unpaired) electrons. The van der Waals surface area contributed by atoms with Crippen LogP contribution in [-0.4, -0.2) is 0 Å². The van der Waals surface area contributed by atoms with Gasteiger partial charge in [-0.2, -0.15) is 0 Å². The number of fused-ring (bicyclic) bond motifs is 4. The van der Waals surface area contributed by atoms with E-state index >= 15 is 0 Å². The van der Waals surface area contributed by atoms with Gasteiger partial charge >= 0.3 is 0 Å². The summed E-state index contributed by atoms with van der Waals surface area (Å²) in [5.74, 6) is 0. The Morgan fingerprint density at radius 1 is 0.306 bits per heavy atom. The average Bonchev–Trinajstić information content (AvgIpc) is 3.57. The second kappa shape index (κ2) is 15.4. The van der Waals surface area contributed by atoms with Gasteiger partial charge in [-0.15, -0.1) is 0 Å². The largest absolute Gasteiger partial charge is 0.310 e. The van der Waals surface area contributed by atoms with E-state index in [9.17, 15) is 0 Å². The van der Waals surface area contributed by atoms with Crippen LogP contribution in [-0.2, 0) is 5.41 Å². The third-order valence-corrected chi connectivity index (χ3v) is 12.9. The molecule has 10 aromatic rings. The molecule has 0 N–H and O–H groups in total. The molecule has 1 heteroatoms. The Bertz CT molecular complexity index is 3220. The quantitative estimate of drug-likeness (QED) is 0.148. The van der Waals surface area contributed by atoms with E-state index in [1.54, 1.807) is 0 Å². The van der Waals surface area contributed by atoms with Gasteiger partial charge in [-0.25, -0.2) is 0 Å². The van der Waals surface area contributed by atoms with Gasteiger partial charge in [0.2, 0.25) is 0 Å². The monoisotopic (exact) mass is 791 g/mol. The van der Waals surface area contributed by atoms with E-state index in [0.29, 0.717) is 0 Å². The van der Waals surface area contributed by atoms with Gasteiger partial charge in [0.25, 0.3) is 0 Å². The smallest absolute Gasteiger partial charge is 0.0546 e. The highest BCUT2D eigenvalue weighted by atomic mass is 15.1. The van der Waals surface area contributed by atoms with Crippen molar-refractivity contribution in [3.05, 3.63) is 248 Å². The average molecular weight is 792 g/mol. The first-order valence-corrected chi connectivity index (χ1v) is 21.6. The highest BCUT2D eigenvalue weighted by molar-refractivity contribution is 6.02. The van der Waals surface area contributed by atoms with Crippen molar-refractivity contribution in [2.24, 2.45) is 0 Å². The van der Waals surface area contributed by atoms with Crippen LogP contribution in [0.25, 0.3) is 77.5 Å². The van der Waals surface area contributed by atoms with Crippen molar-refractivity contribution >= 4 is 27.8 Å². The van der Waals surface area contributed by atoms with E-state index < -0.39 is 0 Å². The van der Waals surface area contributed by atoms with Crippen LogP contribution >= 0.6 is 0 Å². The number of rotatable bonds is 8. The normalized spacial score (nSPS) is 12.5. The maximum absolute atomic E-state index is 2.47. The maximum atomic E-state index is 2.47. The number of hydrogen-bond donors (Lipinski definition) is 0. The summed E-state index contributed by atoms with van der Waals surface area (Å²) in [7, 11) is 0. The van der Waals surface area contributed by atoms with Crippen molar-refractivity contribution < 1.29 is 0 Å². The number of benzene rings is 10. The van der Waals surface area contributed by atoms with Gasteiger partial charge in [0.1, 0.15) is 0 Å². The molecule has 0 aromatic heterocycles. The fourth-order valence-electron chi connectivity index (χ4n) is 9.74. The van der Waals surface area contributed by atoms with E-state index in [0.717, 1.165) is 17.1 Å². The van der Waals surface area contributed by atoms with Gasteiger partial charge in [-0.1, -0.05) is 214 Å². The number of anilines is 3. The Hall–Kier alpha value is -7.74. The summed E-state index contributed by atoms with van der Waals surface area (Å²) in [6, 6.07) is 86.7.